The number of aromatic amines is 1. The summed E-state index contributed by atoms with van der Waals surface area (Å²) in [5.41, 5.74) is 2.69. The first kappa shape index (κ1) is 18.1. The number of amides is 1. The highest BCUT2D eigenvalue weighted by molar-refractivity contribution is 7.10. The van der Waals surface area contributed by atoms with Gasteiger partial charge in [-0.1, -0.05) is 35.9 Å². The molecule has 5 rings (SSSR count). The van der Waals surface area contributed by atoms with Crippen LogP contribution in [-0.4, -0.2) is 24.2 Å². The molecule has 5 nitrogen and oxygen atoms in total. The van der Waals surface area contributed by atoms with Crippen LogP contribution in [0.15, 0.2) is 60.1 Å². The van der Waals surface area contributed by atoms with E-state index in [1.165, 1.54) is 4.88 Å². The van der Waals surface area contributed by atoms with Crippen LogP contribution >= 0.6 is 22.9 Å². The van der Waals surface area contributed by atoms with Gasteiger partial charge in [0.2, 0.25) is 6.79 Å². The van der Waals surface area contributed by atoms with Gasteiger partial charge in [0.1, 0.15) is 0 Å². The minimum atomic E-state index is -0.202. The molecule has 29 heavy (non-hydrogen) atoms. The van der Waals surface area contributed by atoms with Crippen molar-refractivity contribution in [3.8, 4) is 11.5 Å². The number of halogens is 1. The van der Waals surface area contributed by atoms with Crippen LogP contribution in [0.25, 0.3) is 10.9 Å². The lowest BCUT2D eigenvalue weighted by Gasteiger charge is -2.16. The average Bonchev–Trinajstić information content (AvgIpc) is 3.49. The van der Waals surface area contributed by atoms with Gasteiger partial charge in [-0.3, -0.25) is 4.79 Å². The monoisotopic (exact) mass is 424 g/mol. The maximum atomic E-state index is 12.8. The summed E-state index contributed by atoms with van der Waals surface area (Å²) in [5, 5.41) is 6.64. The summed E-state index contributed by atoms with van der Waals surface area (Å²) in [5.74, 6) is 0.818. The second-order valence-electron chi connectivity index (χ2n) is 6.76. The minimum Gasteiger partial charge on any atom is -0.454 e. The number of hydrogen-bond acceptors (Lipinski definition) is 4. The lowest BCUT2D eigenvalue weighted by atomic mass is 9.96. The van der Waals surface area contributed by atoms with Crippen molar-refractivity contribution >= 4 is 39.7 Å². The minimum absolute atomic E-state index is 0.0413. The Morgan fingerprint density at radius 2 is 2.10 bits per heavy atom. The van der Waals surface area contributed by atoms with E-state index < -0.39 is 0 Å². The summed E-state index contributed by atoms with van der Waals surface area (Å²) in [4.78, 5) is 17.4. The van der Waals surface area contributed by atoms with Gasteiger partial charge in [0.25, 0.3) is 5.91 Å². The van der Waals surface area contributed by atoms with Crippen LogP contribution < -0.4 is 14.8 Å². The molecule has 0 fully saturated rings. The number of rotatable bonds is 5. The predicted octanol–water partition coefficient (Wildman–Crippen LogP) is 5.17. The van der Waals surface area contributed by atoms with Crippen molar-refractivity contribution in [2.45, 2.75) is 5.92 Å². The van der Waals surface area contributed by atoms with E-state index in [9.17, 15) is 4.79 Å². The number of carbonyl (C=O) groups excluding carboxylic acids is 1. The number of nitrogens with one attached hydrogen (secondary N) is 2. The smallest absolute Gasteiger partial charge is 0.251 e. The molecule has 4 aromatic rings. The molecule has 1 unspecified atom stereocenters. The number of H-pyrrole nitrogens is 1. The molecule has 2 aromatic heterocycles. The maximum Gasteiger partial charge on any atom is 0.251 e. The highest BCUT2D eigenvalue weighted by Crippen LogP contribution is 2.40. The molecule has 2 aromatic carbocycles. The van der Waals surface area contributed by atoms with Gasteiger partial charge in [-0.25, -0.2) is 0 Å². The van der Waals surface area contributed by atoms with Crippen molar-refractivity contribution in [2.24, 2.45) is 0 Å². The first-order valence-electron chi connectivity index (χ1n) is 9.17. The fraction of sp³-hybridized carbons (Fsp3) is 0.136. The molecule has 1 atom stereocenters. The van der Waals surface area contributed by atoms with Crippen molar-refractivity contribution in [2.75, 3.05) is 13.3 Å². The second kappa shape index (κ2) is 7.46. The van der Waals surface area contributed by atoms with Gasteiger partial charge in [-0.2, -0.15) is 0 Å². The predicted molar refractivity (Wildman–Crippen MR) is 114 cm³/mol. The molecular formula is C22H17ClN2O3S. The Balaban J connectivity index is 1.42. The topological polar surface area (TPSA) is 63.4 Å². The number of fused-ring (bicyclic) bond motifs is 2. The molecule has 2 N–H and O–H groups in total. The molecule has 1 aliphatic heterocycles. The summed E-state index contributed by atoms with van der Waals surface area (Å²) >= 11 is 7.90. The highest BCUT2D eigenvalue weighted by atomic mass is 35.5. The summed E-state index contributed by atoms with van der Waals surface area (Å²) < 4.78 is 10.7. The molecule has 0 spiro atoms. The number of aromatic nitrogens is 1. The van der Waals surface area contributed by atoms with Gasteiger partial charge in [0, 0.05) is 40.0 Å². The molecular weight excluding hydrogens is 408 g/mol. The number of para-hydroxylation sites is 1. The van der Waals surface area contributed by atoms with Crippen molar-refractivity contribution < 1.29 is 14.3 Å². The zero-order valence-corrected chi connectivity index (χ0v) is 16.8. The van der Waals surface area contributed by atoms with Gasteiger partial charge in [-0.05, 0) is 35.2 Å². The average molecular weight is 425 g/mol. The van der Waals surface area contributed by atoms with E-state index in [0.29, 0.717) is 28.6 Å². The number of carbonyl (C=O) groups is 1. The number of benzene rings is 2. The van der Waals surface area contributed by atoms with Gasteiger partial charge >= 0.3 is 0 Å². The van der Waals surface area contributed by atoms with Crippen LogP contribution in [0.2, 0.25) is 5.02 Å². The molecule has 3 heterocycles. The Kier molecular flexibility index (Phi) is 4.66. The third-order valence-electron chi connectivity index (χ3n) is 5.04. The lowest BCUT2D eigenvalue weighted by Crippen LogP contribution is -2.28. The fourth-order valence-corrected chi connectivity index (χ4v) is 4.74. The Hall–Kier alpha value is -2.96. The zero-order chi connectivity index (χ0) is 19.8. The van der Waals surface area contributed by atoms with Crippen molar-refractivity contribution in [3.05, 3.63) is 81.1 Å². The SMILES string of the molecule is O=C(NCC(c1cccs1)c1c[nH]c2ccccc12)c1cc(Cl)c2c(c1)OCO2. The maximum absolute atomic E-state index is 12.8. The van der Waals surface area contributed by atoms with Crippen LogP contribution in [0.4, 0.5) is 0 Å². The van der Waals surface area contributed by atoms with E-state index >= 15 is 0 Å². The summed E-state index contributed by atoms with van der Waals surface area (Å²) in [7, 11) is 0. The van der Waals surface area contributed by atoms with Crippen molar-refractivity contribution in [1.29, 1.82) is 0 Å². The van der Waals surface area contributed by atoms with Gasteiger partial charge in [0.15, 0.2) is 11.5 Å². The van der Waals surface area contributed by atoms with E-state index in [0.717, 1.165) is 16.5 Å². The van der Waals surface area contributed by atoms with Crippen molar-refractivity contribution in [3.63, 3.8) is 0 Å². The largest absolute Gasteiger partial charge is 0.454 e. The number of hydrogen-bond donors (Lipinski definition) is 2. The van der Waals surface area contributed by atoms with Gasteiger partial charge in [0.05, 0.1) is 5.02 Å². The van der Waals surface area contributed by atoms with Crippen molar-refractivity contribution in [1.82, 2.24) is 10.3 Å². The van der Waals surface area contributed by atoms with Crippen LogP contribution in [0.3, 0.4) is 0 Å². The van der Waals surface area contributed by atoms with Crippen LogP contribution in [0.5, 0.6) is 11.5 Å². The standard InChI is InChI=1S/C22H17ClN2O3S/c23-17-8-13(9-19-21(17)28-12-27-19)22(26)25-11-16(20-6-3-7-29-20)15-10-24-18-5-2-1-4-14(15)18/h1-10,16,24H,11-12H2,(H,25,26). The first-order chi connectivity index (χ1) is 14.2. The highest BCUT2D eigenvalue weighted by Gasteiger charge is 2.23. The number of thiophene rings is 1. The fourth-order valence-electron chi connectivity index (χ4n) is 3.63. The summed E-state index contributed by atoms with van der Waals surface area (Å²) in [6.45, 7) is 0.578. The first-order valence-corrected chi connectivity index (χ1v) is 10.4. The lowest BCUT2D eigenvalue weighted by molar-refractivity contribution is 0.0952. The van der Waals surface area contributed by atoms with E-state index in [1.54, 1.807) is 23.5 Å². The van der Waals surface area contributed by atoms with Crippen LogP contribution in [0.1, 0.15) is 26.7 Å². The quantitative estimate of drug-likeness (QED) is 0.464. The Morgan fingerprint density at radius 1 is 1.21 bits per heavy atom. The molecule has 7 heteroatoms. The summed E-state index contributed by atoms with van der Waals surface area (Å²) in [6.07, 6.45) is 2.03. The Labute approximate surface area is 176 Å². The molecule has 1 aliphatic rings. The van der Waals surface area contributed by atoms with E-state index in [1.807, 2.05) is 24.4 Å². The molecule has 0 saturated carbocycles. The molecule has 146 valence electrons. The van der Waals surface area contributed by atoms with Crippen LogP contribution in [-0.2, 0) is 0 Å². The molecule has 0 aliphatic carbocycles. The van der Waals surface area contributed by atoms with E-state index in [4.69, 9.17) is 21.1 Å². The third-order valence-corrected chi connectivity index (χ3v) is 6.31. The number of ether oxygens (including phenoxy) is 2. The molecule has 0 saturated heterocycles. The second-order valence-corrected chi connectivity index (χ2v) is 8.15. The molecule has 0 radical (unpaired) electrons. The van der Waals surface area contributed by atoms with Gasteiger partial charge < -0.3 is 19.8 Å². The molecule has 1 amide bonds. The summed E-state index contributed by atoms with van der Waals surface area (Å²) in [6, 6.07) is 15.6. The zero-order valence-electron chi connectivity index (χ0n) is 15.3. The van der Waals surface area contributed by atoms with E-state index in [2.05, 4.69) is 33.9 Å². The Morgan fingerprint density at radius 3 is 2.97 bits per heavy atom. The molecule has 0 bridgehead atoms. The normalized spacial score (nSPS) is 13.6. The third kappa shape index (κ3) is 3.34. The van der Waals surface area contributed by atoms with Gasteiger partial charge in [-0.15, -0.1) is 11.3 Å². The Bertz CT molecular complexity index is 1190. The van der Waals surface area contributed by atoms with E-state index in [-0.39, 0.29) is 18.6 Å². The van der Waals surface area contributed by atoms with Crippen LogP contribution in [0, 0.1) is 0 Å².